The van der Waals surface area contributed by atoms with Crippen molar-refractivity contribution in [3.63, 3.8) is 0 Å². The number of piperazine rings is 1. The third kappa shape index (κ3) is 5.87. The van der Waals surface area contributed by atoms with Crippen molar-refractivity contribution in [1.29, 1.82) is 0 Å². The van der Waals surface area contributed by atoms with Crippen LogP contribution < -0.4 is 14.4 Å². The standard InChI is InChI=1S/C22H32N4O4S/c1-4-26(5-2)31(27,28)21-10-11-22(23-18-21)25-14-12-24(13-15-25)16-17-30-20-8-6-19(29-3)7-9-20/h6-11,18H,4-5,12-17H2,1-3H3. The molecule has 1 aromatic heterocycles. The van der Waals surface area contributed by atoms with Crippen LogP contribution in [0, 0.1) is 0 Å². The average Bonchev–Trinajstić information content (AvgIpc) is 2.81. The molecule has 9 heteroatoms. The maximum absolute atomic E-state index is 12.6. The molecule has 0 N–H and O–H groups in total. The maximum atomic E-state index is 12.6. The number of hydrogen-bond acceptors (Lipinski definition) is 7. The Bertz CT molecular complexity index is 908. The Morgan fingerprint density at radius 1 is 0.968 bits per heavy atom. The minimum Gasteiger partial charge on any atom is -0.497 e. The van der Waals surface area contributed by atoms with E-state index in [9.17, 15) is 8.42 Å². The van der Waals surface area contributed by atoms with E-state index >= 15 is 0 Å². The molecule has 2 heterocycles. The molecule has 0 saturated carbocycles. The van der Waals surface area contributed by atoms with Gasteiger partial charge in [0.1, 0.15) is 28.8 Å². The highest BCUT2D eigenvalue weighted by Gasteiger charge is 2.23. The summed E-state index contributed by atoms with van der Waals surface area (Å²) in [6, 6.07) is 11.1. The number of benzene rings is 1. The van der Waals surface area contributed by atoms with Crippen molar-refractivity contribution < 1.29 is 17.9 Å². The third-order valence-corrected chi connectivity index (χ3v) is 7.53. The quantitative estimate of drug-likeness (QED) is 0.552. The van der Waals surface area contributed by atoms with Crippen LogP contribution in [0.1, 0.15) is 13.8 Å². The predicted octanol–water partition coefficient (Wildman–Crippen LogP) is 2.32. The molecule has 1 saturated heterocycles. The molecule has 1 aliphatic rings. The summed E-state index contributed by atoms with van der Waals surface area (Å²) in [5.74, 6) is 2.46. The van der Waals surface area contributed by atoms with Crippen molar-refractivity contribution in [2.24, 2.45) is 0 Å². The number of hydrogen-bond donors (Lipinski definition) is 0. The lowest BCUT2D eigenvalue weighted by Gasteiger charge is -2.35. The Kier molecular flexibility index (Phi) is 8.11. The minimum absolute atomic E-state index is 0.245. The van der Waals surface area contributed by atoms with Crippen LogP contribution in [-0.4, -0.2) is 82.1 Å². The second-order valence-corrected chi connectivity index (χ2v) is 9.23. The van der Waals surface area contributed by atoms with Crippen LogP contribution in [-0.2, 0) is 10.0 Å². The molecule has 1 aromatic carbocycles. The molecule has 8 nitrogen and oxygen atoms in total. The molecule has 170 valence electrons. The van der Waals surface area contributed by atoms with Crippen LogP contribution in [0.2, 0.25) is 0 Å². The second-order valence-electron chi connectivity index (χ2n) is 7.29. The predicted molar refractivity (Wildman–Crippen MR) is 121 cm³/mol. The van der Waals surface area contributed by atoms with Crippen LogP contribution in [0.4, 0.5) is 5.82 Å². The number of sulfonamides is 1. The molecule has 0 bridgehead atoms. The fourth-order valence-corrected chi connectivity index (χ4v) is 4.99. The van der Waals surface area contributed by atoms with Crippen LogP contribution in [0.3, 0.4) is 0 Å². The lowest BCUT2D eigenvalue weighted by Crippen LogP contribution is -2.47. The Labute approximate surface area is 185 Å². The lowest BCUT2D eigenvalue weighted by atomic mass is 10.3. The number of methoxy groups -OCH3 is 1. The van der Waals surface area contributed by atoms with Crippen molar-refractivity contribution in [3.8, 4) is 11.5 Å². The van der Waals surface area contributed by atoms with Gasteiger partial charge in [-0.25, -0.2) is 13.4 Å². The largest absolute Gasteiger partial charge is 0.497 e. The van der Waals surface area contributed by atoms with Gasteiger partial charge in [0.15, 0.2) is 0 Å². The first-order valence-corrected chi connectivity index (χ1v) is 12.1. The van der Waals surface area contributed by atoms with Gasteiger partial charge in [-0.15, -0.1) is 0 Å². The Morgan fingerprint density at radius 3 is 2.16 bits per heavy atom. The van der Waals surface area contributed by atoms with Gasteiger partial charge in [0.05, 0.1) is 7.11 Å². The first-order valence-electron chi connectivity index (χ1n) is 10.7. The Balaban J connectivity index is 1.47. The highest BCUT2D eigenvalue weighted by Crippen LogP contribution is 2.20. The van der Waals surface area contributed by atoms with E-state index in [1.807, 2.05) is 38.1 Å². The van der Waals surface area contributed by atoms with Crippen molar-refractivity contribution >= 4 is 15.8 Å². The average molecular weight is 449 g/mol. The van der Waals surface area contributed by atoms with E-state index in [0.29, 0.717) is 19.7 Å². The first-order chi connectivity index (χ1) is 15.0. The highest BCUT2D eigenvalue weighted by atomic mass is 32.2. The van der Waals surface area contributed by atoms with Gasteiger partial charge in [0, 0.05) is 52.0 Å². The summed E-state index contributed by atoms with van der Waals surface area (Å²) in [4.78, 5) is 9.22. The van der Waals surface area contributed by atoms with E-state index < -0.39 is 10.0 Å². The second kappa shape index (κ2) is 10.8. The summed E-state index contributed by atoms with van der Waals surface area (Å²) in [5.41, 5.74) is 0. The van der Waals surface area contributed by atoms with Crippen molar-refractivity contribution in [3.05, 3.63) is 42.6 Å². The van der Waals surface area contributed by atoms with Crippen molar-refractivity contribution in [2.45, 2.75) is 18.7 Å². The monoisotopic (exact) mass is 448 g/mol. The van der Waals surface area contributed by atoms with Crippen molar-refractivity contribution in [1.82, 2.24) is 14.2 Å². The Hall–Kier alpha value is -2.36. The lowest BCUT2D eigenvalue weighted by molar-refractivity contribution is 0.200. The van der Waals surface area contributed by atoms with E-state index in [4.69, 9.17) is 9.47 Å². The molecule has 0 atom stereocenters. The zero-order chi connectivity index (χ0) is 22.3. The molecule has 2 aromatic rings. The summed E-state index contributed by atoms with van der Waals surface area (Å²) in [5, 5.41) is 0. The molecule has 0 amide bonds. The molecule has 0 unspecified atom stereocenters. The smallest absolute Gasteiger partial charge is 0.244 e. The molecule has 31 heavy (non-hydrogen) atoms. The highest BCUT2D eigenvalue weighted by molar-refractivity contribution is 7.89. The zero-order valence-electron chi connectivity index (χ0n) is 18.5. The van der Waals surface area contributed by atoms with Gasteiger partial charge in [-0.1, -0.05) is 13.8 Å². The minimum atomic E-state index is -3.47. The van der Waals surface area contributed by atoms with Crippen molar-refractivity contribution in [2.75, 3.05) is 64.4 Å². The topological polar surface area (TPSA) is 75.2 Å². The summed E-state index contributed by atoms with van der Waals surface area (Å²) in [6.07, 6.45) is 1.47. The molecule has 0 aliphatic carbocycles. The van der Waals surface area contributed by atoms with E-state index in [1.165, 1.54) is 10.5 Å². The van der Waals surface area contributed by atoms with Gasteiger partial charge < -0.3 is 14.4 Å². The van der Waals surface area contributed by atoms with Crippen LogP contribution >= 0.6 is 0 Å². The number of ether oxygens (including phenoxy) is 2. The van der Waals surface area contributed by atoms with E-state index in [1.54, 1.807) is 19.2 Å². The SMILES string of the molecule is CCN(CC)S(=O)(=O)c1ccc(N2CCN(CCOc3ccc(OC)cc3)CC2)nc1. The molecule has 1 aliphatic heterocycles. The number of rotatable bonds is 10. The van der Waals surface area contributed by atoms with Gasteiger partial charge in [-0.05, 0) is 36.4 Å². The summed E-state index contributed by atoms with van der Waals surface area (Å²) < 4.78 is 37.6. The fraction of sp³-hybridized carbons (Fsp3) is 0.500. The number of aromatic nitrogens is 1. The summed E-state index contributed by atoms with van der Waals surface area (Å²) in [6.45, 7) is 9.57. The van der Waals surface area contributed by atoms with Crippen LogP contribution in [0.25, 0.3) is 0 Å². The molecule has 0 spiro atoms. The summed E-state index contributed by atoms with van der Waals surface area (Å²) >= 11 is 0. The number of anilines is 1. The molecule has 0 radical (unpaired) electrons. The molecule has 1 fully saturated rings. The van der Waals surface area contributed by atoms with Gasteiger partial charge in [-0.3, -0.25) is 4.90 Å². The van der Waals surface area contributed by atoms with Crippen LogP contribution in [0.15, 0.2) is 47.5 Å². The number of pyridine rings is 1. The molecular weight excluding hydrogens is 416 g/mol. The Morgan fingerprint density at radius 2 is 1.61 bits per heavy atom. The third-order valence-electron chi connectivity index (χ3n) is 5.50. The molecular formula is C22H32N4O4S. The van der Waals surface area contributed by atoms with Gasteiger partial charge in [0.2, 0.25) is 10.0 Å². The molecule has 3 rings (SSSR count). The van der Waals surface area contributed by atoms with Gasteiger partial charge in [0.25, 0.3) is 0 Å². The summed E-state index contributed by atoms with van der Waals surface area (Å²) in [7, 11) is -1.83. The first kappa shape index (κ1) is 23.3. The number of nitrogens with zero attached hydrogens (tertiary/aromatic N) is 4. The van der Waals surface area contributed by atoms with Gasteiger partial charge >= 0.3 is 0 Å². The fourth-order valence-electron chi connectivity index (χ4n) is 3.59. The van der Waals surface area contributed by atoms with Crippen LogP contribution in [0.5, 0.6) is 11.5 Å². The van der Waals surface area contributed by atoms with E-state index in [0.717, 1.165) is 50.0 Å². The normalized spacial score (nSPS) is 15.3. The van der Waals surface area contributed by atoms with E-state index in [2.05, 4.69) is 14.8 Å². The van der Waals surface area contributed by atoms with E-state index in [-0.39, 0.29) is 4.90 Å². The maximum Gasteiger partial charge on any atom is 0.244 e. The van der Waals surface area contributed by atoms with Gasteiger partial charge in [-0.2, -0.15) is 4.31 Å². The zero-order valence-corrected chi connectivity index (χ0v) is 19.3.